The number of ketones is 1. The average Bonchev–Trinajstić information content (AvgIpc) is 3.41. The van der Waals surface area contributed by atoms with E-state index in [0.29, 0.717) is 5.52 Å². The summed E-state index contributed by atoms with van der Waals surface area (Å²) in [5.41, 5.74) is 3.49. The Morgan fingerprint density at radius 1 is 1.12 bits per heavy atom. The Bertz CT molecular complexity index is 1480. The fourth-order valence-corrected chi connectivity index (χ4v) is 4.65. The van der Waals surface area contributed by atoms with Crippen LogP contribution in [0.4, 0.5) is 8.78 Å². The molecule has 8 nitrogen and oxygen atoms in total. The number of fused-ring (bicyclic) bond motifs is 1. The van der Waals surface area contributed by atoms with Gasteiger partial charge in [-0.05, 0) is 89.6 Å². The molecule has 0 amide bonds. The van der Waals surface area contributed by atoms with E-state index in [1.165, 1.54) is 19.1 Å². The zero-order chi connectivity index (χ0) is 31.0. The van der Waals surface area contributed by atoms with Gasteiger partial charge in [0.1, 0.15) is 16.9 Å². The van der Waals surface area contributed by atoms with Gasteiger partial charge in [-0.15, -0.1) is 5.10 Å². The normalized spacial score (nSPS) is 14.5. The monoisotopic (exact) mass is 580 g/mol. The number of aliphatic hydroxyl groups is 1. The van der Waals surface area contributed by atoms with Gasteiger partial charge < -0.3 is 10.0 Å². The van der Waals surface area contributed by atoms with E-state index in [-0.39, 0.29) is 29.0 Å². The van der Waals surface area contributed by atoms with Gasteiger partial charge in [-0.3, -0.25) is 9.78 Å². The highest BCUT2D eigenvalue weighted by atomic mass is 19.2. The van der Waals surface area contributed by atoms with Crippen LogP contribution in [0.1, 0.15) is 90.5 Å². The lowest BCUT2D eigenvalue weighted by atomic mass is 10.0. The molecule has 0 atom stereocenters. The molecule has 1 aliphatic heterocycles. The number of Topliss-reactive ketones (excluding diaryl/α,β-unsaturated/α-hetero) is 1. The molecule has 0 saturated carbocycles. The second-order valence-corrected chi connectivity index (χ2v) is 10.7. The molecule has 0 radical (unpaired) electrons. The van der Waals surface area contributed by atoms with E-state index in [9.17, 15) is 13.6 Å². The first-order valence-electron chi connectivity index (χ1n) is 14.5. The van der Waals surface area contributed by atoms with Gasteiger partial charge in [0.2, 0.25) is 0 Å². The zero-order valence-electron chi connectivity index (χ0n) is 25.7. The summed E-state index contributed by atoms with van der Waals surface area (Å²) in [6, 6.07) is 4.38. The van der Waals surface area contributed by atoms with Gasteiger partial charge in [0.05, 0.1) is 29.6 Å². The predicted molar refractivity (Wildman–Crippen MR) is 163 cm³/mol. The van der Waals surface area contributed by atoms with Crippen LogP contribution in [-0.2, 0) is 0 Å². The molecule has 226 valence electrons. The van der Waals surface area contributed by atoms with E-state index in [1.807, 2.05) is 44.7 Å². The van der Waals surface area contributed by atoms with Crippen molar-refractivity contribution in [3.8, 4) is 11.3 Å². The third kappa shape index (κ3) is 7.73. The number of carbonyl (C=O) groups excluding carboxylic acids is 1. The second-order valence-electron chi connectivity index (χ2n) is 10.7. The van der Waals surface area contributed by atoms with Crippen molar-refractivity contribution in [1.29, 1.82) is 0 Å². The maximum absolute atomic E-state index is 14.7. The van der Waals surface area contributed by atoms with Crippen LogP contribution in [0.3, 0.4) is 0 Å². The molecule has 2 aromatic heterocycles. The summed E-state index contributed by atoms with van der Waals surface area (Å²) in [6.07, 6.45) is 8.95. The Morgan fingerprint density at radius 2 is 1.79 bits per heavy atom. The predicted octanol–water partition coefficient (Wildman–Crippen LogP) is 7.07. The number of halogens is 2. The minimum atomic E-state index is -1.17. The first kappa shape index (κ1) is 32.7. The number of carbonyl (C=O) groups is 1. The zero-order valence-corrected chi connectivity index (χ0v) is 25.7. The molecular formula is C32H42F2N6O2. The minimum absolute atomic E-state index is 0.0229. The number of likely N-dealkylation sites (tertiary alicyclic amines) is 1. The van der Waals surface area contributed by atoms with Gasteiger partial charge >= 0.3 is 0 Å². The van der Waals surface area contributed by atoms with Crippen LogP contribution in [0.5, 0.6) is 0 Å². The van der Waals surface area contributed by atoms with Gasteiger partial charge in [0, 0.05) is 24.9 Å². The van der Waals surface area contributed by atoms with Gasteiger partial charge in [0.15, 0.2) is 17.4 Å². The molecule has 1 fully saturated rings. The summed E-state index contributed by atoms with van der Waals surface area (Å²) >= 11 is 0. The molecule has 42 heavy (non-hydrogen) atoms. The number of hydrogen-bond acceptors (Lipinski definition) is 7. The third-order valence-corrected chi connectivity index (χ3v) is 7.44. The largest absolute Gasteiger partial charge is 0.393 e. The highest BCUT2D eigenvalue weighted by Gasteiger charge is 2.25. The van der Waals surface area contributed by atoms with Crippen LogP contribution in [0.15, 0.2) is 52.4 Å². The Hall–Kier alpha value is -3.79. The molecule has 10 heteroatoms. The molecule has 0 spiro atoms. The highest BCUT2D eigenvalue weighted by Crippen LogP contribution is 2.30. The molecule has 1 aromatic carbocycles. The average molecular weight is 581 g/mol. The van der Waals surface area contributed by atoms with Crippen molar-refractivity contribution in [3.05, 3.63) is 64.6 Å². The SMILES string of the molecule is C/C=C(C)\C=N/C(=C(C)C)N1CCC(n2nnc3cc(-c4ccc(C(C)=O)c(F)c4F)ncc32)CC1.CCC(O)CC. The van der Waals surface area contributed by atoms with E-state index in [4.69, 9.17) is 10.1 Å². The lowest BCUT2D eigenvalue weighted by molar-refractivity contribution is 0.101. The van der Waals surface area contributed by atoms with Crippen molar-refractivity contribution in [2.24, 2.45) is 4.99 Å². The molecule has 0 aliphatic carbocycles. The summed E-state index contributed by atoms with van der Waals surface area (Å²) in [7, 11) is 0. The molecule has 1 aliphatic rings. The number of aliphatic imine (C=N–C) groups is 1. The van der Waals surface area contributed by atoms with Crippen molar-refractivity contribution < 1.29 is 18.7 Å². The number of piperidine rings is 1. The Balaban J connectivity index is 0.000000730. The standard InChI is InChI=1S/C27H30F2N6O.C5H12O/c1-6-17(4)14-31-27(16(2)3)34-11-9-19(10-12-34)35-24-15-30-22(13-23(24)32-33-35)21-8-7-20(18(5)36)25(28)26(21)29;1-3-5(6)4-2/h6-8,13-15,19H,9-12H2,1-5H3;5-6H,3-4H2,1-2H3/b17-6-,31-14-;. The number of benzene rings is 1. The first-order chi connectivity index (χ1) is 20.0. The Morgan fingerprint density at radius 3 is 2.33 bits per heavy atom. The van der Waals surface area contributed by atoms with Gasteiger partial charge in [-0.1, -0.05) is 25.1 Å². The highest BCUT2D eigenvalue weighted by molar-refractivity contribution is 5.95. The van der Waals surface area contributed by atoms with Gasteiger partial charge in [-0.2, -0.15) is 0 Å². The molecule has 4 rings (SSSR count). The maximum atomic E-state index is 14.7. The van der Waals surface area contributed by atoms with Crippen molar-refractivity contribution in [2.75, 3.05) is 13.1 Å². The van der Waals surface area contributed by atoms with Gasteiger partial charge in [0.25, 0.3) is 0 Å². The molecule has 1 saturated heterocycles. The van der Waals surface area contributed by atoms with Crippen LogP contribution < -0.4 is 0 Å². The van der Waals surface area contributed by atoms with E-state index in [0.717, 1.165) is 61.3 Å². The van der Waals surface area contributed by atoms with Crippen molar-refractivity contribution in [2.45, 2.75) is 86.3 Å². The van der Waals surface area contributed by atoms with Crippen LogP contribution in [0.25, 0.3) is 22.3 Å². The quantitative estimate of drug-likeness (QED) is 0.226. The third-order valence-electron chi connectivity index (χ3n) is 7.44. The van der Waals surface area contributed by atoms with Gasteiger partial charge in [-0.25, -0.2) is 18.5 Å². The maximum Gasteiger partial charge on any atom is 0.170 e. The first-order valence-corrected chi connectivity index (χ1v) is 14.5. The van der Waals surface area contributed by atoms with E-state index < -0.39 is 17.4 Å². The fraction of sp³-hybridized carbons (Fsp3) is 0.469. The summed E-state index contributed by atoms with van der Waals surface area (Å²) in [5, 5.41) is 17.3. The summed E-state index contributed by atoms with van der Waals surface area (Å²) in [6.45, 7) is 15.0. The van der Waals surface area contributed by atoms with Crippen LogP contribution in [0, 0.1) is 11.6 Å². The molecule has 0 unspecified atom stereocenters. The number of aliphatic hydroxyl groups excluding tert-OH is 1. The summed E-state index contributed by atoms with van der Waals surface area (Å²) in [5.74, 6) is -1.81. The lowest BCUT2D eigenvalue weighted by Crippen LogP contribution is -2.34. The summed E-state index contributed by atoms with van der Waals surface area (Å²) < 4.78 is 30.9. The molecular weight excluding hydrogens is 538 g/mol. The van der Waals surface area contributed by atoms with Crippen molar-refractivity contribution in [3.63, 3.8) is 0 Å². The molecule has 3 aromatic rings. The molecule has 0 bridgehead atoms. The Kier molecular flexibility index (Phi) is 11.6. The smallest absolute Gasteiger partial charge is 0.170 e. The van der Waals surface area contributed by atoms with E-state index >= 15 is 0 Å². The fourth-order valence-electron chi connectivity index (χ4n) is 4.65. The Labute approximate surface area is 246 Å². The lowest BCUT2D eigenvalue weighted by Gasteiger charge is -2.34. The number of nitrogens with zero attached hydrogens (tertiary/aromatic N) is 6. The van der Waals surface area contributed by atoms with Crippen LogP contribution >= 0.6 is 0 Å². The number of pyridine rings is 1. The second kappa shape index (κ2) is 14.9. The number of allylic oxidation sites excluding steroid dienone is 3. The van der Waals surface area contributed by atoms with Crippen LogP contribution in [-0.4, -0.2) is 61.2 Å². The van der Waals surface area contributed by atoms with Crippen molar-refractivity contribution >= 4 is 23.0 Å². The number of rotatable bonds is 8. The minimum Gasteiger partial charge on any atom is -0.393 e. The molecule has 3 heterocycles. The summed E-state index contributed by atoms with van der Waals surface area (Å²) in [4.78, 5) is 22.9. The number of aromatic nitrogens is 4. The number of hydrogen-bond donors (Lipinski definition) is 1. The van der Waals surface area contributed by atoms with E-state index in [1.54, 1.807) is 12.3 Å². The van der Waals surface area contributed by atoms with Crippen molar-refractivity contribution in [1.82, 2.24) is 24.9 Å². The topological polar surface area (TPSA) is 96.5 Å². The van der Waals surface area contributed by atoms with E-state index in [2.05, 4.69) is 34.0 Å². The van der Waals surface area contributed by atoms with Crippen LogP contribution in [0.2, 0.25) is 0 Å². The molecule has 1 N–H and O–H groups in total.